The molecule has 28 heavy (non-hydrogen) atoms. The van der Waals surface area contributed by atoms with Gasteiger partial charge in [0.05, 0.1) is 13.2 Å². The van der Waals surface area contributed by atoms with E-state index in [1.54, 1.807) is 0 Å². The number of morpholine rings is 1. The van der Waals surface area contributed by atoms with E-state index in [4.69, 9.17) is 9.47 Å². The molecule has 0 spiro atoms. The van der Waals surface area contributed by atoms with Crippen molar-refractivity contribution < 1.29 is 14.3 Å². The third-order valence-electron chi connectivity index (χ3n) is 6.00. The minimum Gasteiger partial charge on any atom is -0.484 e. The fourth-order valence-corrected chi connectivity index (χ4v) is 4.26. The Morgan fingerprint density at radius 3 is 2.39 bits per heavy atom. The van der Waals surface area contributed by atoms with Gasteiger partial charge in [0.15, 0.2) is 6.61 Å². The van der Waals surface area contributed by atoms with Crippen molar-refractivity contribution in [2.45, 2.75) is 57.4 Å². The first-order valence-electron chi connectivity index (χ1n) is 10.4. The molecule has 6 heteroatoms. The summed E-state index contributed by atoms with van der Waals surface area (Å²) in [6.07, 6.45) is 6.10. The van der Waals surface area contributed by atoms with E-state index in [2.05, 4.69) is 36.2 Å². The van der Waals surface area contributed by atoms with E-state index in [9.17, 15) is 4.79 Å². The van der Waals surface area contributed by atoms with Crippen LogP contribution >= 0.6 is 12.4 Å². The number of hydrogen-bond donors (Lipinski definition) is 1. The minimum atomic E-state index is -0.0406. The first-order valence-corrected chi connectivity index (χ1v) is 10.4. The van der Waals surface area contributed by atoms with Gasteiger partial charge in [0, 0.05) is 25.2 Å². The van der Waals surface area contributed by atoms with Crippen LogP contribution in [0, 0.1) is 0 Å². The summed E-state index contributed by atoms with van der Waals surface area (Å²) < 4.78 is 11.2. The van der Waals surface area contributed by atoms with Gasteiger partial charge in [-0.3, -0.25) is 9.69 Å². The molecular weight excluding hydrogens is 376 g/mol. The normalized spacial score (nSPS) is 19.7. The number of ether oxygens (including phenoxy) is 2. The monoisotopic (exact) mass is 410 g/mol. The van der Waals surface area contributed by atoms with Crippen LogP contribution in [-0.4, -0.2) is 55.8 Å². The number of rotatable bonds is 7. The zero-order valence-electron chi connectivity index (χ0n) is 17.2. The molecule has 0 atom stereocenters. The molecule has 1 amide bonds. The van der Waals surface area contributed by atoms with Crippen LogP contribution in [0.5, 0.6) is 5.75 Å². The summed E-state index contributed by atoms with van der Waals surface area (Å²) in [6, 6.07) is 8.01. The Morgan fingerprint density at radius 2 is 1.79 bits per heavy atom. The first kappa shape index (κ1) is 23.0. The van der Waals surface area contributed by atoms with Crippen LogP contribution in [0.2, 0.25) is 0 Å². The molecule has 1 heterocycles. The molecule has 0 aromatic heterocycles. The summed E-state index contributed by atoms with van der Waals surface area (Å²) in [7, 11) is 0. The molecule has 1 aromatic rings. The van der Waals surface area contributed by atoms with Gasteiger partial charge in [-0.1, -0.05) is 45.2 Å². The predicted octanol–water partition coefficient (Wildman–Crippen LogP) is 3.76. The van der Waals surface area contributed by atoms with Crippen molar-refractivity contribution in [3.05, 3.63) is 29.8 Å². The number of hydrogen-bond acceptors (Lipinski definition) is 4. The lowest BCUT2D eigenvalue weighted by molar-refractivity contribution is -0.124. The lowest BCUT2D eigenvalue weighted by atomic mass is 9.79. The molecule has 3 rings (SSSR count). The Balaban J connectivity index is 0.00000280. The second-order valence-electron chi connectivity index (χ2n) is 8.17. The number of benzene rings is 1. The number of halogens is 1. The maximum atomic E-state index is 12.4. The maximum Gasteiger partial charge on any atom is 0.258 e. The second kappa shape index (κ2) is 11.0. The quantitative estimate of drug-likeness (QED) is 0.743. The van der Waals surface area contributed by atoms with Crippen molar-refractivity contribution >= 4 is 18.3 Å². The molecule has 1 aliphatic carbocycles. The lowest BCUT2D eigenvalue weighted by Gasteiger charge is -2.48. The molecule has 0 bridgehead atoms. The van der Waals surface area contributed by atoms with E-state index in [1.807, 2.05) is 12.1 Å². The fourth-order valence-electron chi connectivity index (χ4n) is 4.26. The Labute approximate surface area is 175 Å². The molecule has 0 unspecified atom stereocenters. The van der Waals surface area contributed by atoms with Crippen LogP contribution in [0.4, 0.5) is 0 Å². The van der Waals surface area contributed by atoms with E-state index in [-0.39, 0.29) is 30.5 Å². The van der Waals surface area contributed by atoms with E-state index in [1.165, 1.54) is 24.8 Å². The molecule has 1 aliphatic heterocycles. The zero-order valence-corrected chi connectivity index (χ0v) is 18.1. The van der Waals surface area contributed by atoms with Crippen molar-refractivity contribution in [1.29, 1.82) is 0 Å². The summed E-state index contributed by atoms with van der Waals surface area (Å²) in [5.74, 6) is 1.20. The molecule has 5 nitrogen and oxygen atoms in total. The van der Waals surface area contributed by atoms with Crippen molar-refractivity contribution in [1.82, 2.24) is 10.2 Å². The van der Waals surface area contributed by atoms with Crippen LogP contribution in [0.25, 0.3) is 0 Å². The molecular formula is C22H35ClN2O3. The summed E-state index contributed by atoms with van der Waals surface area (Å²) in [4.78, 5) is 14.9. The fraction of sp³-hybridized carbons (Fsp3) is 0.682. The molecule has 2 aliphatic rings. The molecule has 1 saturated heterocycles. The van der Waals surface area contributed by atoms with E-state index in [0.717, 1.165) is 44.9 Å². The summed E-state index contributed by atoms with van der Waals surface area (Å²) in [6.45, 7) is 8.64. The first-order chi connectivity index (χ1) is 13.1. The highest BCUT2D eigenvalue weighted by atomic mass is 35.5. The van der Waals surface area contributed by atoms with Gasteiger partial charge >= 0.3 is 0 Å². The topological polar surface area (TPSA) is 50.8 Å². The number of amides is 1. The van der Waals surface area contributed by atoms with E-state index >= 15 is 0 Å². The third kappa shape index (κ3) is 6.10. The molecule has 1 saturated carbocycles. The van der Waals surface area contributed by atoms with Crippen molar-refractivity contribution in [2.24, 2.45) is 0 Å². The van der Waals surface area contributed by atoms with Crippen LogP contribution in [0.3, 0.4) is 0 Å². The third-order valence-corrected chi connectivity index (χ3v) is 6.00. The van der Waals surface area contributed by atoms with Gasteiger partial charge in [-0.2, -0.15) is 0 Å². The minimum absolute atomic E-state index is 0. The van der Waals surface area contributed by atoms with Crippen LogP contribution in [0.1, 0.15) is 57.4 Å². The Morgan fingerprint density at radius 1 is 1.14 bits per heavy atom. The van der Waals surface area contributed by atoms with E-state index in [0.29, 0.717) is 12.5 Å². The van der Waals surface area contributed by atoms with Gasteiger partial charge in [0.2, 0.25) is 0 Å². The van der Waals surface area contributed by atoms with Crippen LogP contribution < -0.4 is 10.1 Å². The van der Waals surface area contributed by atoms with Crippen molar-refractivity contribution in [2.75, 3.05) is 39.5 Å². The van der Waals surface area contributed by atoms with Crippen molar-refractivity contribution in [3.63, 3.8) is 0 Å². The highest BCUT2D eigenvalue weighted by molar-refractivity contribution is 5.85. The standard InChI is InChI=1S/C22H34N2O3.ClH/c1-18(2)19-6-8-20(9-7-19)27-16-21(25)23-17-22(10-4-3-5-11-22)24-12-14-26-15-13-24;/h6-9,18H,3-5,10-17H2,1-2H3,(H,23,25);1H. The van der Waals surface area contributed by atoms with Crippen LogP contribution in [0.15, 0.2) is 24.3 Å². The van der Waals surface area contributed by atoms with Gasteiger partial charge in [0.1, 0.15) is 5.75 Å². The van der Waals surface area contributed by atoms with E-state index < -0.39 is 0 Å². The molecule has 1 N–H and O–H groups in total. The Kier molecular flexibility index (Phi) is 9.06. The lowest BCUT2D eigenvalue weighted by Crippen LogP contribution is -2.60. The highest BCUT2D eigenvalue weighted by Gasteiger charge is 2.38. The molecule has 0 radical (unpaired) electrons. The van der Waals surface area contributed by atoms with Gasteiger partial charge < -0.3 is 14.8 Å². The average Bonchev–Trinajstić information content (AvgIpc) is 2.72. The highest BCUT2D eigenvalue weighted by Crippen LogP contribution is 2.33. The number of carbonyl (C=O) groups excluding carboxylic acids is 1. The summed E-state index contributed by atoms with van der Waals surface area (Å²) >= 11 is 0. The van der Waals surface area contributed by atoms with Gasteiger partial charge in [-0.15, -0.1) is 12.4 Å². The Hall–Kier alpha value is -1.30. The molecule has 158 valence electrons. The summed E-state index contributed by atoms with van der Waals surface area (Å²) in [5.41, 5.74) is 1.37. The zero-order chi connectivity index (χ0) is 19.1. The molecule has 1 aromatic carbocycles. The second-order valence-corrected chi connectivity index (χ2v) is 8.17. The average molecular weight is 411 g/mol. The predicted molar refractivity (Wildman–Crippen MR) is 114 cm³/mol. The Bertz CT molecular complexity index is 594. The SMILES string of the molecule is CC(C)c1ccc(OCC(=O)NCC2(N3CCOCC3)CCCCC2)cc1.Cl. The van der Waals surface area contributed by atoms with Gasteiger partial charge in [-0.25, -0.2) is 0 Å². The number of nitrogens with one attached hydrogen (secondary N) is 1. The van der Waals surface area contributed by atoms with Crippen molar-refractivity contribution in [3.8, 4) is 5.75 Å². The van der Waals surface area contributed by atoms with Gasteiger partial charge in [0.25, 0.3) is 5.91 Å². The maximum absolute atomic E-state index is 12.4. The number of nitrogens with zero attached hydrogens (tertiary/aromatic N) is 1. The smallest absolute Gasteiger partial charge is 0.258 e. The molecule has 2 fully saturated rings. The van der Waals surface area contributed by atoms with Crippen LogP contribution in [-0.2, 0) is 9.53 Å². The number of carbonyl (C=O) groups is 1. The van der Waals surface area contributed by atoms with Gasteiger partial charge in [-0.05, 0) is 36.5 Å². The largest absolute Gasteiger partial charge is 0.484 e. The summed E-state index contributed by atoms with van der Waals surface area (Å²) in [5, 5.41) is 3.14.